The van der Waals surface area contributed by atoms with Crippen molar-refractivity contribution in [3.05, 3.63) is 71.8 Å². The van der Waals surface area contributed by atoms with E-state index in [1.165, 1.54) is 0 Å². The van der Waals surface area contributed by atoms with Gasteiger partial charge in [-0.3, -0.25) is 0 Å². The molecule has 1 N–H and O–H groups in total. The first-order chi connectivity index (χ1) is 11.7. The molecule has 3 heteroatoms. The molecule has 0 atom stereocenters. The fourth-order valence-corrected chi connectivity index (χ4v) is 1.54. The molecule has 0 aliphatic carbocycles. The molecule has 0 spiro atoms. The third kappa shape index (κ3) is 5.53. The third-order valence-electron chi connectivity index (χ3n) is 2.50. The van der Waals surface area contributed by atoms with E-state index in [0.29, 0.717) is 11.1 Å². The van der Waals surface area contributed by atoms with Crippen LogP contribution in [0.2, 0.25) is 0 Å². The Kier molecular flexibility index (Phi) is 3.94. The summed E-state index contributed by atoms with van der Waals surface area (Å²) in [5, 5.41) is 10.2. The van der Waals surface area contributed by atoms with Crippen molar-refractivity contribution >= 4 is 0 Å². The summed E-state index contributed by atoms with van der Waals surface area (Å²) in [6, 6.07) is 17.3. The molecule has 2 rings (SSSR count). The smallest absolute Gasteiger partial charge is 0.101 e. The number of hydrogen-bond acceptors (Lipinski definition) is 3. The van der Waals surface area contributed by atoms with E-state index in [1.54, 1.807) is 60.7 Å². The van der Waals surface area contributed by atoms with Gasteiger partial charge in [0.15, 0.2) is 0 Å². The van der Waals surface area contributed by atoms with Crippen LogP contribution in [0, 0.1) is 0 Å². The number of rotatable bonds is 8. The van der Waals surface area contributed by atoms with Crippen LogP contribution >= 0.6 is 0 Å². The summed E-state index contributed by atoms with van der Waals surface area (Å²) in [7, 11) is 0. The van der Waals surface area contributed by atoms with Gasteiger partial charge in [-0.15, -0.1) is 0 Å². The van der Waals surface area contributed by atoms with Crippen LogP contribution in [0.3, 0.4) is 0 Å². The molecule has 0 aliphatic rings. The standard InChI is InChI=1S/C17H20O3/c18-17(13-19-11-15-7-3-1-4-8-15)14-20-12-16-9-5-2-6-10-16/h1-10,17-18H,11-14H2/i13D2,14D2,17D. The van der Waals surface area contributed by atoms with Crippen molar-refractivity contribution < 1.29 is 21.4 Å². The number of benzene rings is 2. The van der Waals surface area contributed by atoms with Crippen molar-refractivity contribution in [2.75, 3.05) is 13.1 Å². The molecule has 0 saturated carbocycles. The van der Waals surface area contributed by atoms with Crippen molar-refractivity contribution in [1.29, 1.82) is 0 Å². The largest absolute Gasteiger partial charge is 0.388 e. The minimum absolute atomic E-state index is 0.218. The second kappa shape index (κ2) is 8.48. The maximum absolute atomic E-state index is 10.2. The molecule has 106 valence electrons. The summed E-state index contributed by atoms with van der Waals surface area (Å²) >= 11 is 0. The summed E-state index contributed by atoms with van der Waals surface area (Å²) in [4.78, 5) is 0. The lowest BCUT2D eigenvalue weighted by Crippen LogP contribution is -2.21. The Morgan fingerprint density at radius 2 is 1.25 bits per heavy atom. The van der Waals surface area contributed by atoms with Crippen molar-refractivity contribution in [1.82, 2.24) is 0 Å². The average Bonchev–Trinajstić information content (AvgIpc) is 2.60. The van der Waals surface area contributed by atoms with E-state index in [-0.39, 0.29) is 13.2 Å². The van der Waals surface area contributed by atoms with Crippen LogP contribution in [0.1, 0.15) is 18.0 Å². The summed E-state index contributed by atoms with van der Waals surface area (Å²) in [5.41, 5.74) is 1.26. The van der Waals surface area contributed by atoms with Gasteiger partial charge >= 0.3 is 0 Å². The van der Waals surface area contributed by atoms with Gasteiger partial charge in [0, 0.05) is 0 Å². The van der Waals surface area contributed by atoms with Crippen LogP contribution in [-0.4, -0.2) is 24.3 Å². The molecule has 0 unspecified atom stereocenters. The minimum Gasteiger partial charge on any atom is -0.388 e. The maximum Gasteiger partial charge on any atom is 0.101 e. The van der Waals surface area contributed by atoms with Crippen LogP contribution in [0.4, 0.5) is 0 Å². The Balaban J connectivity index is 2.04. The number of ether oxygens (including phenoxy) is 2. The predicted molar refractivity (Wildman–Crippen MR) is 78.2 cm³/mol. The van der Waals surface area contributed by atoms with E-state index in [0.717, 1.165) is 0 Å². The van der Waals surface area contributed by atoms with E-state index in [4.69, 9.17) is 16.3 Å². The first-order valence-electron chi connectivity index (χ1n) is 8.74. The average molecular weight is 277 g/mol. The molecular weight excluding hydrogens is 252 g/mol. The molecular formula is C17H20O3. The SMILES string of the molecule is [2H]C([2H])(OCc1ccccc1)C([2H])(O)C([2H])([2H])OCc1ccccc1. The molecule has 0 saturated heterocycles. The predicted octanol–water partition coefficient (Wildman–Crippen LogP) is 2.78. The first-order valence-corrected chi connectivity index (χ1v) is 6.24. The monoisotopic (exact) mass is 277 g/mol. The van der Waals surface area contributed by atoms with Crippen molar-refractivity contribution in [2.24, 2.45) is 0 Å². The lowest BCUT2D eigenvalue weighted by molar-refractivity contribution is -0.0276. The minimum atomic E-state index is -3.27. The molecule has 0 aliphatic heterocycles. The highest BCUT2D eigenvalue weighted by Crippen LogP contribution is 2.03. The van der Waals surface area contributed by atoms with Crippen LogP contribution in [0.15, 0.2) is 60.7 Å². The van der Waals surface area contributed by atoms with Crippen molar-refractivity contribution in [2.45, 2.75) is 19.3 Å². The van der Waals surface area contributed by atoms with Gasteiger partial charge in [0.05, 0.1) is 33.2 Å². The maximum atomic E-state index is 10.2. The zero-order chi connectivity index (χ0) is 18.6. The quantitative estimate of drug-likeness (QED) is 0.806. The Hall–Kier alpha value is -1.68. The molecule has 0 amide bonds. The van der Waals surface area contributed by atoms with Gasteiger partial charge < -0.3 is 14.6 Å². The molecule has 20 heavy (non-hydrogen) atoms. The van der Waals surface area contributed by atoms with Crippen molar-refractivity contribution in [3.8, 4) is 0 Å². The Morgan fingerprint density at radius 1 is 0.850 bits per heavy atom. The van der Waals surface area contributed by atoms with Crippen LogP contribution in [0.5, 0.6) is 0 Å². The third-order valence-corrected chi connectivity index (χ3v) is 2.50. The highest BCUT2D eigenvalue weighted by molar-refractivity contribution is 5.14. The van der Waals surface area contributed by atoms with E-state index in [9.17, 15) is 5.11 Å². The van der Waals surface area contributed by atoms with Gasteiger partial charge in [0.2, 0.25) is 0 Å². The molecule has 2 aromatic rings. The summed E-state index contributed by atoms with van der Waals surface area (Å²) in [6.07, 6.45) is -3.27. The Morgan fingerprint density at radius 3 is 1.65 bits per heavy atom. The normalized spacial score (nSPS) is 16.6. The highest BCUT2D eigenvalue weighted by atomic mass is 16.5. The van der Waals surface area contributed by atoms with Crippen LogP contribution in [-0.2, 0) is 22.7 Å². The molecule has 3 nitrogen and oxygen atoms in total. The lowest BCUT2D eigenvalue weighted by Gasteiger charge is -2.12. The molecule has 0 heterocycles. The van der Waals surface area contributed by atoms with Gasteiger partial charge in [0.1, 0.15) is 6.08 Å². The van der Waals surface area contributed by atoms with Crippen LogP contribution in [0.25, 0.3) is 0 Å². The molecule has 0 bridgehead atoms. The summed E-state index contributed by atoms with van der Waals surface area (Å²) in [6.45, 7) is -6.43. The zero-order valence-electron chi connectivity index (χ0n) is 16.0. The van der Waals surface area contributed by atoms with E-state index >= 15 is 0 Å². The summed E-state index contributed by atoms with van der Waals surface area (Å²) < 4.78 is 49.0. The Labute approximate surface area is 126 Å². The van der Waals surface area contributed by atoms with Gasteiger partial charge in [-0.25, -0.2) is 0 Å². The van der Waals surface area contributed by atoms with Gasteiger partial charge in [-0.2, -0.15) is 0 Å². The van der Waals surface area contributed by atoms with Crippen LogP contribution < -0.4 is 0 Å². The van der Waals surface area contributed by atoms with Gasteiger partial charge in [0.25, 0.3) is 0 Å². The number of aliphatic hydroxyl groups is 1. The van der Waals surface area contributed by atoms with E-state index in [2.05, 4.69) is 0 Å². The van der Waals surface area contributed by atoms with Gasteiger partial charge in [-0.05, 0) is 11.1 Å². The molecule has 0 radical (unpaired) electrons. The second-order valence-electron chi connectivity index (χ2n) is 4.10. The zero-order valence-corrected chi connectivity index (χ0v) is 11.0. The second-order valence-corrected chi connectivity index (χ2v) is 4.10. The molecule has 2 aromatic carbocycles. The van der Waals surface area contributed by atoms with Gasteiger partial charge in [-0.1, -0.05) is 60.7 Å². The topological polar surface area (TPSA) is 38.7 Å². The highest BCUT2D eigenvalue weighted by Gasteiger charge is 2.05. The van der Waals surface area contributed by atoms with E-state index in [1.807, 2.05) is 0 Å². The Bertz CT molecular complexity index is 605. The van der Waals surface area contributed by atoms with Crippen molar-refractivity contribution in [3.63, 3.8) is 0 Å². The van der Waals surface area contributed by atoms with E-state index < -0.39 is 19.2 Å². The molecule has 0 fully saturated rings. The summed E-state index contributed by atoms with van der Waals surface area (Å²) in [5.74, 6) is 0. The number of hydrogen-bond donors (Lipinski definition) is 1. The molecule has 0 aromatic heterocycles. The fraction of sp³-hybridized carbons (Fsp3) is 0.294. The first kappa shape index (κ1) is 9.29. The lowest BCUT2D eigenvalue weighted by atomic mass is 10.2. The fourth-order valence-electron chi connectivity index (χ4n) is 1.54.